The molecule has 3 aliphatic rings. The number of rotatable bonds is 12. The lowest BCUT2D eigenvalue weighted by Crippen LogP contribution is -2.54. The number of aryl methyl sites for hydroxylation is 2. The number of anilines is 1. The van der Waals surface area contributed by atoms with Crippen LogP contribution in [0.1, 0.15) is 92.1 Å². The Balaban J connectivity index is 0.905. The molecule has 2 atom stereocenters. The highest BCUT2D eigenvalue weighted by Crippen LogP contribution is 2.40. The quantitative estimate of drug-likeness (QED) is 0.140. The number of carbonyl (C=O) groups excluding carboxylic acids is 6. The zero-order valence-corrected chi connectivity index (χ0v) is 31.8. The molecule has 1 unspecified atom stereocenters. The van der Waals surface area contributed by atoms with E-state index in [4.69, 9.17) is 21.3 Å². The highest BCUT2D eigenvalue weighted by Gasteiger charge is 2.45. The van der Waals surface area contributed by atoms with E-state index in [-0.39, 0.29) is 61.6 Å². The molecule has 6 amide bonds. The molecule has 4 aromatic rings. The minimum absolute atomic E-state index is 0.00286. The molecule has 2 aromatic carbocycles. The third kappa shape index (κ3) is 7.44. The number of nitrogens with one attached hydrogen (secondary N) is 3. The second-order valence-corrected chi connectivity index (χ2v) is 15.0. The fourth-order valence-corrected chi connectivity index (χ4v) is 8.22. The average molecular weight is 785 g/mol. The summed E-state index contributed by atoms with van der Waals surface area (Å²) >= 11 is 7.84. The van der Waals surface area contributed by atoms with Gasteiger partial charge in [-0.3, -0.25) is 48.5 Å². The Kier molecular flexibility index (Phi) is 10.7. The minimum atomic E-state index is -1.11. The minimum Gasteiger partial charge on any atom is -0.381 e. The molecule has 0 bridgehead atoms. The van der Waals surface area contributed by atoms with Gasteiger partial charge in [0.15, 0.2) is 5.82 Å². The molecule has 0 radical (unpaired) electrons. The smallest absolute Gasteiger partial charge is 0.264 e. The molecule has 1 fully saturated rings. The number of aromatic nitrogens is 3. The van der Waals surface area contributed by atoms with E-state index in [0.717, 1.165) is 37.2 Å². The van der Waals surface area contributed by atoms with E-state index < -0.39 is 41.6 Å². The van der Waals surface area contributed by atoms with E-state index in [0.29, 0.717) is 29.6 Å². The van der Waals surface area contributed by atoms with Crippen molar-refractivity contribution in [2.24, 2.45) is 4.99 Å². The first-order chi connectivity index (χ1) is 26.4. The Morgan fingerprint density at radius 2 is 1.76 bits per heavy atom. The van der Waals surface area contributed by atoms with Crippen molar-refractivity contribution in [1.29, 1.82) is 0 Å². The number of aliphatic imine (C=N–C) groups is 1. The Bertz CT molecular complexity index is 2280. The van der Waals surface area contributed by atoms with Gasteiger partial charge in [-0.15, -0.1) is 21.5 Å². The van der Waals surface area contributed by atoms with Crippen molar-refractivity contribution < 1.29 is 33.5 Å². The number of thiophene rings is 1. The second kappa shape index (κ2) is 15.6. The number of benzene rings is 2. The van der Waals surface area contributed by atoms with Crippen LogP contribution < -0.4 is 16.0 Å². The van der Waals surface area contributed by atoms with E-state index in [1.54, 1.807) is 11.3 Å². The lowest BCUT2D eigenvalue weighted by Gasteiger charge is -2.27. The zero-order valence-electron chi connectivity index (χ0n) is 30.2. The first-order valence-electron chi connectivity index (χ1n) is 17.8. The number of halogens is 1. The van der Waals surface area contributed by atoms with Crippen LogP contribution in [0.25, 0.3) is 5.00 Å². The van der Waals surface area contributed by atoms with Crippen LogP contribution in [0, 0.1) is 20.8 Å². The van der Waals surface area contributed by atoms with E-state index >= 15 is 0 Å². The summed E-state index contributed by atoms with van der Waals surface area (Å²) in [5.74, 6) is -1.92. The van der Waals surface area contributed by atoms with Crippen LogP contribution in [-0.2, 0) is 23.9 Å². The maximum atomic E-state index is 13.3. The Morgan fingerprint density at radius 3 is 2.53 bits per heavy atom. The normalized spacial score (nSPS) is 17.6. The second-order valence-electron chi connectivity index (χ2n) is 13.4. The standard InChI is InChI=1S/C38H37ClN8O7S/c1-19-20(2)55-38-31(19)33(22-8-10-23(39)11-9-22)42-26(34-45-44-21(3)46(34)38)18-30(50)40-15-5-16-54-17-14-29(49)41-25-7-4-6-24-32(25)37(53)47(36(24)52)27-12-13-28(48)43-35(27)51/h4,6-11,26-27H,5,12-18H2,1-3H3,(H,40,50)(H,41,49)(H,43,48,51)/t26-,27?/m0/s1. The SMILES string of the molecule is Cc1sc2c(c1C)C(c1ccc(Cl)cc1)=N[C@@H](CC(=O)NCCCOCCC(=O)Nc1cccc3c1C(=O)N(C1CCC(=O)NC1=O)C3=O)c1nnc(C)n1-2. The van der Waals surface area contributed by atoms with Gasteiger partial charge < -0.3 is 15.4 Å². The molecule has 5 heterocycles. The molecule has 0 aliphatic carbocycles. The zero-order chi connectivity index (χ0) is 39.0. The summed E-state index contributed by atoms with van der Waals surface area (Å²) in [5.41, 5.74) is 3.93. The number of fused-ring (bicyclic) bond motifs is 4. The Hall–Kier alpha value is -5.58. The number of nitrogens with zero attached hydrogens (tertiary/aromatic N) is 5. The van der Waals surface area contributed by atoms with Gasteiger partial charge in [0, 0.05) is 40.6 Å². The third-order valence-corrected chi connectivity index (χ3v) is 11.2. The summed E-state index contributed by atoms with van der Waals surface area (Å²) in [6.07, 6.45) is 0.533. The van der Waals surface area contributed by atoms with Crippen LogP contribution in [0.15, 0.2) is 47.5 Å². The van der Waals surface area contributed by atoms with E-state index in [1.165, 1.54) is 18.2 Å². The maximum absolute atomic E-state index is 13.3. The van der Waals surface area contributed by atoms with Gasteiger partial charge in [0.1, 0.15) is 22.9 Å². The van der Waals surface area contributed by atoms with Crippen molar-refractivity contribution in [3.8, 4) is 5.00 Å². The highest BCUT2D eigenvalue weighted by atomic mass is 35.5. The number of hydrogen-bond acceptors (Lipinski definition) is 11. The summed E-state index contributed by atoms with van der Waals surface area (Å²) in [4.78, 5) is 83.5. The predicted octanol–water partition coefficient (Wildman–Crippen LogP) is 4.14. The van der Waals surface area contributed by atoms with Gasteiger partial charge in [-0.05, 0) is 63.4 Å². The number of hydrogen-bond donors (Lipinski definition) is 3. The van der Waals surface area contributed by atoms with Gasteiger partial charge in [0.2, 0.25) is 23.6 Å². The fourth-order valence-electron chi connectivity index (χ4n) is 6.88. The molecule has 3 aliphatic heterocycles. The van der Waals surface area contributed by atoms with Crippen molar-refractivity contribution in [2.45, 2.75) is 65.0 Å². The van der Waals surface area contributed by atoms with Crippen LogP contribution in [0.4, 0.5) is 5.69 Å². The molecular formula is C38H37ClN8O7S. The number of amides is 6. The number of carbonyl (C=O) groups is 6. The summed E-state index contributed by atoms with van der Waals surface area (Å²) < 4.78 is 7.63. The molecule has 0 saturated carbocycles. The Morgan fingerprint density at radius 1 is 0.982 bits per heavy atom. The molecule has 3 N–H and O–H groups in total. The topological polar surface area (TPSA) is 194 Å². The first-order valence-corrected chi connectivity index (χ1v) is 19.0. The molecule has 7 rings (SSSR count). The summed E-state index contributed by atoms with van der Waals surface area (Å²) in [6, 6.07) is 10.3. The summed E-state index contributed by atoms with van der Waals surface area (Å²) in [5, 5.41) is 18.1. The highest BCUT2D eigenvalue weighted by molar-refractivity contribution is 7.15. The van der Waals surface area contributed by atoms with Crippen LogP contribution in [0.2, 0.25) is 5.02 Å². The van der Waals surface area contributed by atoms with Crippen LogP contribution in [-0.4, -0.2) is 86.6 Å². The average Bonchev–Trinajstić information content (AvgIpc) is 3.73. The van der Waals surface area contributed by atoms with Gasteiger partial charge in [-0.25, -0.2) is 0 Å². The lowest BCUT2D eigenvalue weighted by atomic mass is 9.99. The molecule has 55 heavy (non-hydrogen) atoms. The van der Waals surface area contributed by atoms with Crippen molar-refractivity contribution in [1.82, 2.24) is 30.3 Å². The van der Waals surface area contributed by atoms with Gasteiger partial charge in [-0.2, -0.15) is 0 Å². The first kappa shape index (κ1) is 37.7. The van der Waals surface area contributed by atoms with Crippen LogP contribution in [0.5, 0.6) is 0 Å². The summed E-state index contributed by atoms with van der Waals surface area (Å²) in [6.45, 7) is 6.70. The van der Waals surface area contributed by atoms with Gasteiger partial charge >= 0.3 is 0 Å². The van der Waals surface area contributed by atoms with Crippen molar-refractivity contribution in [3.05, 3.63) is 91.8 Å². The fraction of sp³-hybridized carbons (Fsp3) is 0.342. The van der Waals surface area contributed by atoms with Crippen molar-refractivity contribution in [3.63, 3.8) is 0 Å². The molecule has 17 heteroatoms. The van der Waals surface area contributed by atoms with E-state index in [2.05, 4.69) is 40.0 Å². The van der Waals surface area contributed by atoms with Crippen LogP contribution in [0.3, 0.4) is 0 Å². The number of ether oxygens (including phenoxy) is 1. The number of piperidine rings is 1. The van der Waals surface area contributed by atoms with Gasteiger partial charge in [-0.1, -0.05) is 29.8 Å². The monoisotopic (exact) mass is 784 g/mol. The third-order valence-electron chi connectivity index (χ3n) is 9.74. The molecular weight excluding hydrogens is 748 g/mol. The molecule has 15 nitrogen and oxygen atoms in total. The van der Waals surface area contributed by atoms with E-state index in [9.17, 15) is 28.8 Å². The van der Waals surface area contributed by atoms with Crippen LogP contribution >= 0.6 is 22.9 Å². The van der Waals surface area contributed by atoms with Crippen molar-refractivity contribution >= 4 is 69.8 Å². The number of imide groups is 2. The lowest BCUT2D eigenvalue weighted by molar-refractivity contribution is -0.136. The molecule has 1 saturated heterocycles. The maximum Gasteiger partial charge on any atom is 0.264 e. The molecule has 284 valence electrons. The molecule has 2 aromatic heterocycles. The largest absolute Gasteiger partial charge is 0.381 e. The van der Waals surface area contributed by atoms with Crippen molar-refractivity contribution in [2.75, 3.05) is 25.1 Å². The summed E-state index contributed by atoms with van der Waals surface area (Å²) in [7, 11) is 0. The van der Waals surface area contributed by atoms with Gasteiger partial charge in [0.25, 0.3) is 11.8 Å². The Labute approximate surface area is 324 Å². The van der Waals surface area contributed by atoms with E-state index in [1.807, 2.05) is 35.8 Å². The molecule has 0 spiro atoms. The van der Waals surface area contributed by atoms with Gasteiger partial charge in [0.05, 0.1) is 42.0 Å². The predicted molar refractivity (Wildman–Crippen MR) is 203 cm³/mol.